The Bertz CT molecular complexity index is 308. The molecule has 1 rings (SSSR count). The third-order valence-corrected chi connectivity index (χ3v) is 2.22. The van der Waals surface area contributed by atoms with E-state index in [9.17, 15) is 4.79 Å². The molecule has 0 aliphatic rings. The highest BCUT2D eigenvalue weighted by Gasteiger charge is 2.07. The third-order valence-electron chi connectivity index (χ3n) is 1.36. The highest BCUT2D eigenvalue weighted by atomic mass is 32.1. The van der Waals surface area contributed by atoms with Crippen molar-refractivity contribution < 1.29 is 4.79 Å². The Morgan fingerprint density at radius 3 is 3.15 bits per heavy atom. The van der Waals surface area contributed by atoms with Gasteiger partial charge in [-0.05, 0) is 0 Å². The quantitative estimate of drug-likeness (QED) is 0.711. The summed E-state index contributed by atoms with van der Waals surface area (Å²) < 4.78 is 0. The SMILES string of the molecule is C=CCNC(=O)c1csc(NC)n1. The molecule has 1 aromatic rings. The smallest absolute Gasteiger partial charge is 0.271 e. The second kappa shape index (κ2) is 4.61. The molecule has 2 N–H and O–H groups in total. The monoisotopic (exact) mass is 197 g/mol. The fourth-order valence-electron chi connectivity index (χ4n) is 0.748. The average Bonchev–Trinajstić information content (AvgIpc) is 2.62. The molecule has 1 amide bonds. The first-order chi connectivity index (χ1) is 6.27. The number of amides is 1. The van der Waals surface area contributed by atoms with Gasteiger partial charge in [0.05, 0.1) is 0 Å². The van der Waals surface area contributed by atoms with Gasteiger partial charge >= 0.3 is 0 Å². The predicted octanol–water partition coefficient (Wildman–Crippen LogP) is 1.10. The van der Waals surface area contributed by atoms with Gasteiger partial charge in [0, 0.05) is 19.0 Å². The fourth-order valence-corrected chi connectivity index (χ4v) is 1.40. The Morgan fingerprint density at radius 1 is 1.85 bits per heavy atom. The molecule has 70 valence electrons. The van der Waals surface area contributed by atoms with Gasteiger partial charge in [-0.25, -0.2) is 4.98 Å². The van der Waals surface area contributed by atoms with Crippen molar-refractivity contribution in [1.29, 1.82) is 0 Å². The maximum Gasteiger partial charge on any atom is 0.271 e. The molecule has 1 aromatic heterocycles. The lowest BCUT2D eigenvalue weighted by molar-refractivity contribution is 0.0954. The number of aromatic nitrogens is 1. The molecule has 0 aromatic carbocycles. The maximum absolute atomic E-state index is 11.3. The molecule has 0 fully saturated rings. The highest BCUT2D eigenvalue weighted by molar-refractivity contribution is 7.13. The van der Waals surface area contributed by atoms with E-state index in [1.165, 1.54) is 11.3 Å². The van der Waals surface area contributed by atoms with Crippen LogP contribution in [0.2, 0.25) is 0 Å². The lowest BCUT2D eigenvalue weighted by Crippen LogP contribution is -2.23. The van der Waals surface area contributed by atoms with E-state index in [0.717, 1.165) is 5.13 Å². The molecule has 0 bridgehead atoms. The summed E-state index contributed by atoms with van der Waals surface area (Å²) in [5, 5.41) is 7.96. The average molecular weight is 197 g/mol. The van der Waals surface area contributed by atoms with E-state index < -0.39 is 0 Å². The number of thiazole rings is 1. The van der Waals surface area contributed by atoms with Crippen LogP contribution in [0.25, 0.3) is 0 Å². The molecule has 0 aliphatic heterocycles. The van der Waals surface area contributed by atoms with E-state index in [0.29, 0.717) is 12.2 Å². The van der Waals surface area contributed by atoms with E-state index in [1.807, 2.05) is 0 Å². The van der Waals surface area contributed by atoms with Gasteiger partial charge in [0.1, 0.15) is 5.69 Å². The maximum atomic E-state index is 11.3. The largest absolute Gasteiger partial charge is 0.365 e. The normalized spacial score (nSPS) is 9.31. The number of rotatable bonds is 4. The van der Waals surface area contributed by atoms with Crippen LogP contribution in [0, 0.1) is 0 Å². The number of hydrogen-bond acceptors (Lipinski definition) is 4. The van der Waals surface area contributed by atoms with Gasteiger partial charge in [-0.3, -0.25) is 4.79 Å². The molecule has 0 saturated heterocycles. The van der Waals surface area contributed by atoms with Crippen LogP contribution in [-0.2, 0) is 0 Å². The zero-order valence-corrected chi connectivity index (χ0v) is 8.15. The molecule has 0 atom stereocenters. The Morgan fingerprint density at radius 2 is 2.62 bits per heavy atom. The van der Waals surface area contributed by atoms with Crippen molar-refractivity contribution in [3.8, 4) is 0 Å². The summed E-state index contributed by atoms with van der Waals surface area (Å²) in [6, 6.07) is 0. The van der Waals surface area contributed by atoms with Gasteiger partial charge in [0.25, 0.3) is 5.91 Å². The van der Waals surface area contributed by atoms with Crippen molar-refractivity contribution in [2.24, 2.45) is 0 Å². The van der Waals surface area contributed by atoms with Crippen LogP contribution < -0.4 is 10.6 Å². The minimum absolute atomic E-state index is 0.169. The summed E-state index contributed by atoms with van der Waals surface area (Å²) >= 11 is 1.40. The number of nitrogens with zero attached hydrogens (tertiary/aromatic N) is 1. The van der Waals surface area contributed by atoms with Crippen molar-refractivity contribution >= 4 is 22.4 Å². The highest BCUT2D eigenvalue weighted by Crippen LogP contribution is 2.13. The summed E-state index contributed by atoms with van der Waals surface area (Å²) in [4.78, 5) is 15.3. The summed E-state index contributed by atoms with van der Waals surface area (Å²) in [5.41, 5.74) is 0.441. The van der Waals surface area contributed by atoms with E-state index in [4.69, 9.17) is 0 Å². The van der Waals surface area contributed by atoms with Gasteiger partial charge in [-0.15, -0.1) is 17.9 Å². The summed E-state index contributed by atoms with van der Waals surface area (Å²) in [6.07, 6.45) is 1.63. The van der Waals surface area contributed by atoms with Crippen molar-refractivity contribution in [1.82, 2.24) is 10.3 Å². The van der Waals surface area contributed by atoms with Gasteiger partial charge < -0.3 is 10.6 Å². The molecule has 0 radical (unpaired) electrons. The Kier molecular flexibility index (Phi) is 3.45. The molecular weight excluding hydrogens is 186 g/mol. The molecule has 4 nitrogen and oxygen atoms in total. The summed E-state index contributed by atoms with van der Waals surface area (Å²) in [6.45, 7) is 3.97. The van der Waals surface area contributed by atoms with Crippen LogP contribution >= 0.6 is 11.3 Å². The van der Waals surface area contributed by atoms with Crippen LogP contribution in [0.1, 0.15) is 10.5 Å². The second-order valence-electron chi connectivity index (χ2n) is 2.29. The summed E-state index contributed by atoms with van der Waals surface area (Å²) in [5.74, 6) is -0.169. The number of carbonyl (C=O) groups excluding carboxylic acids is 1. The number of anilines is 1. The summed E-state index contributed by atoms with van der Waals surface area (Å²) in [7, 11) is 1.77. The minimum atomic E-state index is -0.169. The van der Waals surface area contributed by atoms with Crippen LogP contribution in [0.4, 0.5) is 5.13 Å². The first-order valence-electron chi connectivity index (χ1n) is 3.80. The van der Waals surface area contributed by atoms with E-state index in [-0.39, 0.29) is 5.91 Å². The van der Waals surface area contributed by atoms with Gasteiger partial charge in [0.15, 0.2) is 5.13 Å². The molecule has 5 heteroatoms. The Hall–Kier alpha value is -1.36. The molecule has 13 heavy (non-hydrogen) atoms. The standard InChI is InChI=1S/C8H11N3OS/c1-3-4-10-7(12)6-5-13-8(9-2)11-6/h3,5H,1,4H2,2H3,(H,9,11)(H,10,12). The van der Waals surface area contributed by atoms with Gasteiger partial charge in [0.2, 0.25) is 0 Å². The Labute approximate surface area is 80.7 Å². The molecule has 0 unspecified atom stereocenters. The first kappa shape index (κ1) is 9.73. The molecule has 1 heterocycles. The molecule has 0 spiro atoms. The zero-order valence-electron chi connectivity index (χ0n) is 7.33. The van der Waals surface area contributed by atoms with Crippen LogP contribution in [0.15, 0.2) is 18.0 Å². The lowest BCUT2D eigenvalue weighted by Gasteiger charge is -1.96. The Balaban J connectivity index is 2.60. The van der Waals surface area contributed by atoms with Gasteiger partial charge in [-0.1, -0.05) is 6.08 Å². The molecule has 0 aliphatic carbocycles. The predicted molar refractivity (Wildman–Crippen MR) is 54.2 cm³/mol. The van der Waals surface area contributed by atoms with E-state index >= 15 is 0 Å². The van der Waals surface area contributed by atoms with E-state index in [2.05, 4.69) is 22.2 Å². The lowest BCUT2D eigenvalue weighted by atomic mass is 10.4. The van der Waals surface area contributed by atoms with Gasteiger partial charge in [-0.2, -0.15) is 0 Å². The third kappa shape index (κ3) is 2.55. The van der Waals surface area contributed by atoms with E-state index in [1.54, 1.807) is 18.5 Å². The number of carbonyl (C=O) groups is 1. The second-order valence-corrected chi connectivity index (χ2v) is 3.14. The molecular formula is C8H11N3OS. The molecule has 0 saturated carbocycles. The first-order valence-corrected chi connectivity index (χ1v) is 4.68. The van der Waals surface area contributed by atoms with Crippen molar-refractivity contribution in [2.75, 3.05) is 18.9 Å². The number of hydrogen-bond donors (Lipinski definition) is 2. The minimum Gasteiger partial charge on any atom is -0.365 e. The van der Waals surface area contributed by atoms with Crippen molar-refractivity contribution in [3.05, 3.63) is 23.7 Å². The number of nitrogens with one attached hydrogen (secondary N) is 2. The fraction of sp³-hybridized carbons (Fsp3) is 0.250. The van der Waals surface area contributed by atoms with Crippen molar-refractivity contribution in [2.45, 2.75) is 0 Å². The zero-order chi connectivity index (χ0) is 9.68. The van der Waals surface area contributed by atoms with Crippen molar-refractivity contribution in [3.63, 3.8) is 0 Å². The topological polar surface area (TPSA) is 54.0 Å². The van der Waals surface area contributed by atoms with Crippen LogP contribution in [0.3, 0.4) is 0 Å². The van der Waals surface area contributed by atoms with Crippen LogP contribution in [-0.4, -0.2) is 24.5 Å². The van der Waals surface area contributed by atoms with Crippen LogP contribution in [0.5, 0.6) is 0 Å².